The molecule has 1 heterocycles. The van der Waals surface area contributed by atoms with Crippen LogP contribution in [-0.2, 0) is 16.6 Å². The second kappa shape index (κ2) is 5.88. The van der Waals surface area contributed by atoms with Gasteiger partial charge in [0, 0.05) is 17.8 Å². The molecule has 0 aliphatic rings. The van der Waals surface area contributed by atoms with Gasteiger partial charge in [-0.25, -0.2) is 18.1 Å². The van der Waals surface area contributed by atoms with Gasteiger partial charge in [-0.15, -0.1) is 0 Å². The molecule has 0 bridgehead atoms. The van der Waals surface area contributed by atoms with E-state index in [1.807, 2.05) is 0 Å². The number of benzene rings is 1. The van der Waals surface area contributed by atoms with E-state index >= 15 is 0 Å². The van der Waals surface area contributed by atoms with Crippen LogP contribution >= 0.6 is 23.2 Å². The number of rotatable bonds is 4. The summed E-state index contributed by atoms with van der Waals surface area (Å²) >= 11 is 11.4. The van der Waals surface area contributed by atoms with Crippen LogP contribution in [-0.4, -0.2) is 13.4 Å². The van der Waals surface area contributed by atoms with Gasteiger partial charge in [-0.2, -0.15) is 0 Å². The van der Waals surface area contributed by atoms with Gasteiger partial charge in [0.2, 0.25) is 10.0 Å². The molecule has 1 aromatic carbocycles. The van der Waals surface area contributed by atoms with Crippen molar-refractivity contribution in [3.05, 3.63) is 58.3 Å². The molecule has 0 spiro atoms. The Kier molecular flexibility index (Phi) is 4.42. The van der Waals surface area contributed by atoms with E-state index in [4.69, 9.17) is 23.2 Å². The third-order valence-electron chi connectivity index (χ3n) is 2.39. The van der Waals surface area contributed by atoms with Gasteiger partial charge in [-0.05, 0) is 29.8 Å². The van der Waals surface area contributed by atoms with Crippen molar-refractivity contribution in [1.82, 2.24) is 9.71 Å². The Balaban J connectivity index is 2.12. The van der Waals surface area contributed by atoms with Crippen LogP contribution in [0, 0.1) is 0 Å². The molecule has 2 aromatic rings. The molecule has 1 N–H and O–H groups in total. The van der Waals surface area contributed by atoms with Gasteiger partial charge in [-0.1, -0.05) is 35.3 Å². The maximum Gasteiger partial charge on any atom is 0.241 e. The zero-order valence-electron chi connectivity index (χ0n) is 9.68. The van der Waals surface area contributed by atoms with Crippen LogP contribution in [0.4, 0.5) is 0 Å². The highest BCUT2D eigenvalue weighted by Crippen LogP contribution is 2.14. The smallest absolute Gasteiger partial charge is 0.241 e. The van der Waals surface area contributed by atoms with E-state index in [2.05, 4.69) is 9.71 Å². The highest BCUT2D eigenvalue weighted by Gasteiger charge is 2.14. The first kappa shape index (κ1) is 14.3. The zero-order chi connectivity index (χ0) is 13.9. The van der Waals surface area contributed by atoms with Crippen molar-refractivity contribution in [2.75, 3.05) is 0 Å². The van der Waals surface area contributed by atoms with Gasteiger partial charge < -0.3 is 0 Å². The van der Waals surface area contributed by atoms with Crippen molar-refractivity contribution in [2.24, 2.45) is 0 Å². The molecule has 0 aliphatic heterocycles. The minimum atomic E-state index is -3.60. The molecule has 4 nitrogen and oxygen atoms in total. The predicted molar refractivity (Wildman–Crippen MR) is 74.7 cm³/mol. The van der Waals surface area contributed by atoms with E-state index < -0.39 is 10.0 Å². The quantitative estimate of drug-likeness (QED) is 0.882. The zero-order valence-corrected chi connectivity index (χ0v) is 12.0. The van der Waals surface area contributed by atoms with Crippen molar-refractivity contribution in [2.45, 2.75) is 11.4 Å². The monoisotopic (exact) mass is 316 g/mol. The van der Waals surface area contributed by atoms with E-state index in [1.165, 1.54) is 18.3 Å². The molecule has 7 heteroatoms. The molecule has 0 amide bonds. The lowest BCUT2D eigenvalue weighted by molar-refractivity contribution is 0.581. The average molecular weight is 317 g/mol. The molecule has 0 unspecified atom stereocenters. The molecule has 0 saturated carbocycles. The average Bonchev–Trinajstić information content (AvgIpc) is 2.38. The summed E-state index contributed by atoms with van der Waals surface area (Å²) < 4.78 is 26.5. The maximum absolute atomic E-state index is 12.0. The van der Waals surface area contributed by atoms with Crippen LogP contribution in [0.1, 0.15) is 5.56 Å². The van der Waals surface area contributed by atoms with Crippen LogP contribution in [0.15, 0.2) is 47.5 Å². The Morgan fingerprint density at radius 1 is 1.11 bits per heavy atom. The van der Waals surface area contributed by atoms with Crippen LogP contribution in [0.25, 0.3) is 0 Å². The van der Waals surface area contributed by atoms with E-state index in [9.17, 15) is 8.42 Å². The number of pyridine rings is 1. The molecule has 0 saturated heterocycles. The third kappa shape index (κ3) is 3.91. The molecule has 2 rings (SSSR count). The lowest BCUT2D eigenvalue weighted by atomic mass is 10.2. The van der Waals surface area contributed by atoms with Crippen LogP contribution < -0.4 is 4.72 Å². The van der Waals surface area contributed by atoms with E-state index in [0.717, 1.165) is 5.56 Å². The minimum absolute atomic E-state index is 0.0847. The van der Waals surface area contributed by atoms with Gasteiger partial charge in [0.15, 0.2) is 0 Å². The number of nitrogens with zero attached hydrogens (tertiary/aromatic N) is 1. The number of sulfonamides is 1. The van der Waals surface area contributed by atoms with E-state index in [0.29, 0.717) is 5.02 Å². The second-order valence-electron chi connectivity index (χ2n) is 3.77. The summed E-state index contributed by atoms with van der Waals surface area (Å²) in [5, 5.41) is 0.738. The number of aromatic nitrogens is 1. The largest absolute Gasteiger partial charge is 0.244 e. The molecule has 100 valence electrons. The summed E-state index contributed by atoms with van der Waals surface area (Å²) in [6.07, 6.45) is 1.35. The number of nitrogens with one attached hydrogen (secondary N) is 1. The Bertz CT molecular complexity index is 672. The lowest BCUT2D eigenvalue weighted by Gasteiger charge is -2.07. The Hall–Kier alpha value is -1.14. The van der Waals surface area contributed by atoms with Crippen LogP contribution in [0.2, 0.25) is 10.2 Å². The summed E-state index contributed by atoms with van der Waals surface area (Å²) in [5.74, 6) is 0. The fourth-order valence-electron chi connectivity index (χ4n) is 1.42. The van der Waals surface area contributed by atoms with Crippen molar-refractivity contribution in [3.8, 4) is 0 Å². The minimum Gasteiger partial charge on any atom is -0.244 e. The van der Waals surface area contributed by atoms with Gasteiger partial charge in [-0.3, -0.25) is 0 Å². The normalized spacial score (nSPS) is 11.5. The van der Waals surface area contributed by atoms with Gasteiger partial charge in [0.1, 0.15) is 5.15 Å². The molecular weight excluding hydrogens is 307 g/mol. The molecule has 0 aliphatic carbocycles. The summed E-state index contributed by atoms with van der Waals surface area (Å²) in [6.45, 7) is 0.180. The number of hydrogen-bond acceptors (Lipinski definition) is 3. The summed E-state index contributed by atoms with van der Waals surface area (Å²) in [4.78, 5) is 3.82. The van der Waals surface area contributed by atoms with Crippen LogP contribution in [0.3, 0.4) is 0 Å². The van der Waals surface area contributed by atoms with Gasteiger partial charge in [0.25, 0.3) is 0 Å². The summed E-state index contributed by atoms with van der Waals surface area (Å²) in [5.41, 5.74) is 0.813. The van der Waals surface area contributed by atoms with Crippen LogP contribution in [0.5, 0.6) is 0 Å². The standard InChI is InChI=1S/C12H10Cl2N2O2S/c13-10-3-1-9(2-4-10)8-16-19(17,18)11-5-6-15-12(14)7-11/h1-7,16H,8H2. The first-order valence-corrected chi connectivity index (χ1v) is 7.57. The molecule has 0 atom stereocenters. The molecule has 0 fully saturated rings. The first-order valence-electron chi connectivity index (χ1n) is 5.33. The highest BCUT2D eigenvalue weighted by atomic mass is 35.5. The molecule has 1 aromatic heterocycles. The highest BCUT2D eigenvalue weighted by molar-refractivity contribution is 7.89. The van der Waals surface area contributed by atoms with Gasteiger partial charge in [0.05, 0.1) is 4.90 Å². The van der Waals surface area contributed by atoms with Crippen molar-refractivity contribution in [1.29, 1.82) is 0 Å². The third-order valence-corrected chi connectivity index (χ3v) is 4.25. The molecule has 0 radical (unpaired) electrons. The summed E-state index contributed by atoms with van der Waals surface area (Å²) in [7, 11) is -3.60. The van der Waals surface area contributed by atoms with Crippen molar-refractivity contribution < 1.29 is 8.42 Å². The Labute approximate surface area is 121 Å². The second-order valence-corrected chi connectivity index (χ2v) is 6.36. The predicted octanol–water partition coefficient (Wildman–Crippen LogP) is 2.87. The molecular formula is C12H10Cl2N2O2S. The topological polar surface area (TPSA) is 59.1 Å². The fourth-order valence-corrected chi connectivity index (χ4v) is 2.81. The van der Waals surface area contributed by atoms with Crippen molar-refractivity contribution in [3.63, 3.8) is 0 Å². The number of hydrogen-bond donors (Lipinski definition) is 1. The summed E-state index contributed by atoms with van der Waals surface area (Å²) in [6, 6.07) is 9.60. The van der Waals surface area contributed by atoms with E-state index in [1.54, 1.807) is 24.3 Å². The fraction of sp³-hybridized carbons (Fsp3) is 0.0833. The van der Waals surface area contributed by atoms with Crippen molar-refractivity contribution >= 4 is 33.2 Å². The Morgan fingerprint density at radius 2 is 1.79 bits per heavy atom. The first-order chi connectivity index (χ1) is 8.97. The Morgan fingerprint density at radius 3 is 2.42 bits per heavy atom. The van der Waals surface area contributed by atoms with E-state index in [-0.39, 0.29) is 16.6 Å². The van der Waals surface area contributed by atoms with Gasteiger partial charge >= 0.3 is 0 Å². The SMILES string of the molecule is O=S(=O)(NCc1ccc(Cl)cc1)c1ccnc(Cl)c1. The maximum atomic E-state index is 12.0. The lowest BCUT2D eigenvalue weighted by Crippen LogP contribution is -2.23. The number of halogens is 2. The molecule has 19 heavy (non-hydrogen) atoms.